The number of aromatic nitrogens is 4. The largest absolute Gasteiger partial charge is 0.386 e. The molecule has 1 fully saturated rings. The van der Waals surface area contributed by atoms with Crippen LogP contribution >= 0.6 is 0 Å². The molecule has 2 aromatic heterocycles. The average Bonchev–Trinajstić information content (AvgIpc) is 3.28. The molecule has 24 heavy (non-hydrogen) atoms. The fraction of sp³-hybridized carbons (Fsp3) is 0.625. The first-order valence-electron chi connectivity index (χ1n) is 8.35. The maximum atomic E-state index is 12.6. The highest BCUT2D eigenvalue weighted by Crippen LogP contribution is 2.25. The van der Waals surface area contributed by atoms with E-state index in [-0.39, 0.29) is 12.3 Å². The molecular weight excluding hydrogens is 310 g/mol. The predicted molar refractivity (Wildman–Crippen MR) is 85.1 cm³/mol. The van der Waals surface area contributed by atoms with Gasteiger partial charge in [0.2, 0.25) is 5.91 Å². The topological polar surface area (TPSA) is 97.3 Å². The van der Waals surface area contributed by atoms with Crippen molar-refractivity contribution in [3.05, 3.63) is 29.4 Å². The zero-order valence-electron chi connectivity index (χ0n) is 14.1. The van der Waals surface area contributed by atoms with Gasteiger partial charge in [-0.25, -0.2) is 4.68 Å². The van der Waals surface area contributed by atoms with Gasteiger partial charge in [-0.3, -0.25) is 4.79 Å². The lowest BCUT2D eigenvalue weighted by Crippen LogP contribution is -2.40. The fourth-order valence-electron chi connectivity index (χ4n) is 3.22. The second-order valence-electron chi connectivity index (χ2n) is 6.31. The highest BCUT2D eigenvalue weighted by molar-refractivity contribution is 5.79. The smallest absolute Gasteiger partial charge is 0.227 e. The van der Waals surface area contributed by atoms with Crippen molar-refractivity contribution < 1.29 is 14.4 Å². The summed E-state index contributed by atoms with van der Waals surface area (Å²) in [6, 6.07) is 0. The molecule has 1 unspecified atom stereocenters. The van der Waals surface area contributed by atoms with E-state index in [9.17, 15) is 9.90 Å². The Morgan fingerprint density at radius 3 is 2.92 bits per heavy atom. The van der Waals surface area contributed by atoms with Gasteiger partial charge in [-0.1, -0.05) is 24.2 Å². The van der Waals surface area contributed by atoms with Crippen LogP contribution in [0.1, 0.15) is 37.3 Å². The van der Waals surface area contributed by atoms with Gasteiger partial charge in [0.1, 0.15) is 11.4 Å². The molecule has 1 saturated heterocycles. The highest BCUT2D eigenvalue weighted by atomic mass is 16.5. The van der Waals surface area contributed by atoms with Gasteiger partial charge in [-0.15, -0.1) is 5.10 Å². The summed E-state index contributed by atoms with van der Waals surface area (Å²) in [6.07, 6.45) is 5.54. The minimum Gasteiger partial charge on any atom is -0.386 e. The van der Waals surface area contributed by atoms with E-state index >= 15 is 0 Å². The van der Waals surface area contributed by atoms with Crippen molar-refractivity contribution in [3.63, 3.8) is 0 Å². The molecule has 8 heteroatoms. The fourth-order valence-corrected chi connectivity index (χ4v) is 3.22. The quantitative estimate of drug-likeness (QED) is 0.831. The average molecular weight is 333 g/mol. The summed E-state index contributed by atoms with van der Waals surface area (Å²) >= 11 is 0. The van der Waals surface area contributed by atoms with Crippen LogP contribution in [0.5, 0.6) is 0 Å². The number of aryl methyl sites for hydroxylation is 2. The lowest BCUT2D eigenvalue weighted by molar-refractivity contribution is -0.130. The maximum absolute atomic E-state index is 12.6. The van der Waals surface area contributed by atoms with Crippen LogP contribution in [0.15, 0.2) is 16.9 Å². The van der Waals surface area contributed by atoms with Crippen molar-refractivity contribution in [1.82, 2.24) is 25.1 Å². The van der Waals surface area contributed by atoms with Crippen molar-refractivity contribution in [2.75, 3.05) is 13.1 Å². The number of hydrogen-bond acceptors (Lipinski definition) is 6. The molecule has 2 aromatic rings. The van der Waals surface area contributed by atoms with Crippen molar-refractivity contribution in [2.24, 2.45) is 0 Å². The Kier molecular flexibility index (Phi) is 4.66. The van der Waals surface area contributed by atoms with Crippen LogP contribution in [0.3, 0.4) is 0 Å². The van der Waals surface area contributed by atoms with E-state index in [1.165, 1.54) is 0 Å². The summed E-state index contributed by atoms with van der Waals surface area (Å²) in [4.78, 5) is 14.4. The number of aliphatic hydroxyl groups is 1. The molecule has 0 radical (unpaired) electrons. The number of nitrogens with zero attached hydrogens (tertiary/aromatic N) is 5. The summed E-state index contributed by atoms with van der Waals surface area (Å²) in [6.45, 7) is 5.17. The summed E-state index contributed by atoms with van der Waals surface area (Å²) in [7, 11) is 0. The molecule has 0 spiro atoms. The van der Waals surface area contributed by atoms with Gasteiger partial charge in [0.15, 0.2) is 0 Å². The van der Waals surface area contributed by atoms with Gasteiger partial charge in [0.05, 0.1) is 31.4 Å². The third kappa shape index (κ3) is 3.33. The summed E-state index contributed by atoms with van der Waals surface area (Å²) in [5, 5.41) is 22.4. The van der Waals surface area contributed by atoms with E-state index < -0.39 is 5.60 Å². The molecule has 3 heterocycles. The molecule has 1 aliphatic heterocycles. The Labute approximate surface area is 140 Å². The Bertz CT molecular complexity index is 675. The van der Waals surface area contributed by atoms with Gasteiger partial charge < -0.3 is 14.5 Å². The standard InChI is InChI=1S/C16H23N5O3/c1-3-13-12(14(4-2)24-18-13)9-15(22)20-7-5-16(23,10-20)11-21-8-6-17-19-21/h6,8,23H,3-5,7,9-11H2,1-2H3. The second kappa shape index (κ2) is 6.72. The summed E-state index contributed by atoms with van der Waals surface area (Å²) < 4.78 is 6.92. The second-order valence-corrected chi connectivity index (χ2v) is 6.31. The molecule has 0 aromatic carbocycles. The monoisotopic (exact) mass is 333 g/mol. The van der Waals surface area contributed by atoms with E-state index in [2.05, 4.69) is 15.5 Å². The van der Waals surface area contributed by atoms with Crippen LogP contribution in [0.4, 0.5) is 0 Å². The van der Waals surface area contributed by atoms with Crippen molar-refractivity contribution in [1.29, 1.82) is 0 Å². The summed E-state index contributed by atoms with van der Waals surface area (Å²) in [5.41, 5.74) is 0.785. The van der Waals surface area contributed by atoms with E-state index in [0.717, 1.165) is 23.4 Å². The Hall–Kier alpha value is -2.22. The van der Waals surface area contributed by atoms with Crippen LogP contribution < -0.4 is 0 Å². The first-order valence-corrected chi connectivity index (χ1v) is 8.35. The molecule has 130 valence electrons. The Morgan fingerprint density at radius 2 is 2.25 bits per heavy atom. The zero-order valence-corrected chi connectivity index (χ0v) is 14.1. The molecule has 0 saturated carbocycles. The number of amides is 1. The molecule has 8 nitrogen and oxygen atoms in total. The zero-order chi connectivity index (χ0) is 17.2. The first kappa shape index (κ1) is 16.6. The van der Waals surface area contributed by atoms with Gasteiger partial charge in [-0.2, -0.15) is 0 Å². The number of β-amino-alcohol motifs (C(OH)–C–C–N with tert-alkyl or cyclic N) is 1. The molecule has 1 N–H and O–H groups in total. The number of carbonyl (C=O) groups is 1. The number of rotatable bonds is 6. The van der Waals surface area contributed by atoms with Crippen LogP contribution in [-0.4, -0.2) is 54.8 Å². The van der Waals surface area contributed by atoms with E-state index in [4.69, 9.17) is 4.52 Å². The maximum Gasteiger partial charge on any atom is 0.227 e. The van der Waals surface area contributed by atoms with E-state index in [0.29, 0.717) is 32.5 Å². The lowest BCUT2D eigenvalue weighted by atomic mass is 10.0. The predicted octanol–water partition coefficient (Wildman–Crippen LogP) is 0.597. The Balaban J connectivity index is 1.65. The normalized spacial score (nSPS) is 20.7. The van der Waals surface area contributed by atoms with Crippen LogP contribution in [0.2, 0.25) is 0 Å². The Morgan fingerprint density at radius 1 is 1.42 bits per heavy atom. The van der Waals surface area contributed by atoms with Crippen LogP contribution in [0.25, 0.3) is 0 Å². The van der Waals surface area contributed by atoms with E-state index in [1.54, 1.807) is 22.0 Å². The highest BCUT2D eigenvalue weighted by Gasteiger charge is 2.39. The molecule has 1 amide bonds. The van der Waals surface area contributed by atoms with Crippen molar-refractivity contribution in [3.8, 4) is 0 Å². The van der Waals surface area contributed by atoms with E-state index in [1.807, 2.05) is 13.8 Å². The molecular formula is C16H23N5O3. The minimum atomic E-state index is -0.959. The molecule has 0 aliphatic carbocycles. The van der Waals surface area contributed by atoms with Gasteiger partial charge in [0, 0.05) is 24.7 Å². The lowest BCUT2D eigenvalue weighted by Gasteiger charge is -2.23. The van der Waals surface area contributed by atoms with Gasteiger partial charge >= 0.3 is 0 Å². The van der Waals surface area contributed by atoms with Crippen LogP contribution in [0, 0.1) is 0 Å². The van der Waals surface area contributed by atoms with Gasteiger partial charge in [-0.05, 0) is 12.8 Å². The number of carbonyl (C=O) groups excluding carboxylic acids is 1. The van der Waals surface area contributed by atoms with Crippen LogP contribution in [-0.2, 0) is 30.6 Å². The molecule has 1 atom stereocenters. The SMILES string of the molecule is CCc1noc(CC)c1CC(=O)N1CCC(O)(Cn2ccnn2)C1. The first-order chi connectivity index (χ1) is 11.5. The number of hydrogen-bond donors (Lipinski definition) is 1. The van der Waals surface area contributed by atoms with Crippen molar-refractivity contribution >= 4 is 5.91 Å². The molecule has 0 bridgehead atoms. The molecule has 1 aliphatic rings. The summed E-state index contributed by atoms with van der Waals surface area (Å²) in [5.74, 6) is 0.773. The third-order valence-corrected chi connectivity index (χ3v) is 4.55. The van der Waals surface area contributed by atoms with Gasteiger partial charge in [0.25, 0.3) is 0 Å². The van der Waals surface area contributed by atoms with Crippen molar-refractivity contribution in [2.45, 2.75) is 51.7 Å². The minimum absolute atomic E-state index is 0.00267. The molecule has 3 rings (SSSR count). The number of likely N-dealkylation sites (tertiary alicyclic amines) is 1. The third-order valence-electron chi connectivity index (χ3n) is 4.55.